The second kappa shape index (κ2) is 8.13. The van der Waals surface area contributed by atoms with Crippen LogP contribution in [0.5, 0.6) is 5.88 Å². The highest BCUT2D eigenvalue weighted by Crippen LogP contribution is 2.21. The Labute approximate surface area is 157 Å². The van der Waals surface area contributed by atoms with E-state index in [1.807, 2.05) is 30.3 Å². The Balaban J connectivity index is 1.62. The molecule has 0 unspecified atom stereocenters. The molecule has 0 aliphatic heterocycles. The van der Waals surface area contributed by atoms with Crippen LogP contribution in [0.15, 0.2) is 58.6 Å². The van der Waals surface area contributed by atoms with E-state index in [9.17, 15) is 4.79 Å². The molecule has 128 valence electrons. The van der Waals surface area contributed by atoms with Gasteiger partial charge in [-0.15, -0.1) is 10.2 Å². The number of benzene rings is 1. The Bertz CT molecular complexity index is 852. The number of rotatable bonds is 6. The number of methoxy groups -OCH3 is 1. The zero-order valence-corrected chi connectivity index (χ0v) is 15.6. The van der Waals surface area contributed by atoms with Crippen LogP contribution in [0.3, 0.4) is 0 Å². The molecular formula is C16H14BrN5O2S. The average Bonchev–Trinajstić information content (AvgIpc) is 3.10. The van der Waals surface area contributed by atoms with Crippen molar-refractivity contribution in [2.45, 2.75) is 5.16 Å². The summed E-state index contributed by atoms with van der Waals surface area (Å²) in [6.07, 6.45) is 3.24. The molecule has 0 fully saturated rings. The number of halogens is 1. The van der Waals surface area contributed by atoms with E-state index in [1.54, 1.807) is 30.3 Å². The number of thioether (sulfide) groups is 1. The minimum Gasteiger partial charge on any atom is -0.481 e. The van der Waals surface area contributed by atoms with Crippen molar-refractivity contribution >= 4 is 39.3 Å². The topological polar surface area (TPSA) is 81.9 Å². The zero-order valence-electron chi connectivity index (χ0n) is 13.2. The lowest BCUT2D eigenvalue weighted by Gasteiger charge is -2.07. The molecule has 0 spiro atoms. The van der Waals surface area contributed by atoms with Gasteiger partial charge in [0.15, 0.2) is 5.16 Å². The molecule has 7 nitrogen and oxygen atoms in total. The lowest BCUT2D eigenvalue weighted by atomic mass is 10.3. The molecule has 0 atom stereocenters. The molecule has 3 rings (SSSR count). The summed E-state index contributed by atoms with van der Waals surface area (Å²) in [6.45, 7) is 0. The number of hydrogen-bond acceptors (Lipinski definition) is 6. The smallest absolute Gasteiger partial charge is 0.234 e. The van der Waals surface area contributed by atoms with Gasteiger partial charge in [0.25, 0.3) is 0 Å². The van der Waals surface area contributed by atoms with E-state index in [2.05, 4.69) is 36.4 Å². The molecule has 0 radical (unpaired) electrons. The van der Waals surface area contributed by atoms with Crippen molar-refractivity contribution in [2.75, 3.05) is 18.2 Å². The maximum absolute atomic E-state index is 12.1. The number of anilines is 1. The maximum atomic E-state index is 12.1. The van der Waals surface area contributed by atoms with E-state index >= 15 is 0 Å². The first-order chi connectivity index (χ1) is 12.2. The highest BCUT2D eigenvalue weighted by Gasteiger charge is 2.11. The van der Waals surface area contributed by atoms with Gasteiger partial charge in [0.1, 0.15) is 6.33 Å². The van der Waals surface area contributed by atoms with Gasteiger partial charge in [-0.05, 0) is 30.3 Å². The summed E-state index contributed by atoms with van der Waals surface area (Å²) in [4.78, 5) is 16.3. The number of hydrogen-bond donors (Lipinski definition) is 1. The molecule has 0 bridgehead atoms. The Kier molecular flexibility index (Phi) is 5.67. The van der Waals surface area contributed by atoms with Crippen LogP contribution >= 0.6 is 27.7 Å². The molecular weight excluding hydrogens is 406 g/mol. The van der Waals surface area contributed by atoms with Gasteiger partial charge in [-0.25, -0.2) is 4.98 Å². The van der Waals surface area contributed by atoms with Crippen molar-refractivity contribution in [3.05, 3.63) is 53.4 Å². The summed E-state index contributed by atoms with van der Waals surface area (Å²) in [7, 11) is 1.56. The molecule has 3 aromatic rings. The zero-order chi connectivity index (χ0) is 17.6. The van der Waals surface area contributed by atoms with Gasteiger partial charge in [0.2, 0.25) is 11.8 Å². The van der Waals surface area contributed by atoms with Gasteiger partial charge in [-0.1, -0.05) is 27.7 Å². The fraction of sp³-hybridized carbons (Fsp3) is 0.125. The van der Waals surface area contributed by atoms with Crippen LogP contribution < -0.4 is 10.1 Å². The summed E-state index contributed by atoms with van der Waals surface area (Å²) in [6, 6.07) is 11.0. The van der Waals surface area contributed by atoms with Crippen molar-refractivity contribution < 1.29 is 9.53 Å². The minimum absolute atomic E-state index is 0.116. The third-order valence-electron chi connectivity index (χ3n) is 3.18. The van der Waals surface area contributed by atoms with E-state index < -0.39 is 0 Å². The van der Waals surface area contributed by atoms with E-state index in [0.717, 1.165) is 15.8 Å². The number of pyridine rings is 1. The van der Waals surface area contributed by atoms with Gasteiger partial charge in [0, 0.05) is 16.2 Å². The fourth-order valence-corrected chi connectivity index (χ4v) is 2.99. The number of ether oxygens (including phenoxy) is 1. The highest BCUT2D eigenvalue weighted by molar-refractivity contribution is 9.10. The van der Waals surface area contributed by atoms with Crippen molar-refractivity contribution in [2.24, 2.45) is 0 Å². The second-order valence-electron chi connectivity index (χ2n) is 4.89. The first kappa shape index (κ1) is 17.4. The standard InChI is InChI=1S/C16H14BrN5O2S/c1-24-15-7-6-13(8-18-15)22-10-19-21-16(22)25-9-14(23)20-12-4-2-11(17)3-5-12/h2-8,10H,9H2,1H3,(H,20,23). The Hall–Kier alpha value is -2.39. The molecule has 25 heavy (non-hydrogen) atoms. The molecule has 1 N–H and O–H groups in total. The van der Waals surface area contributed by atoms with Crippen molar-refractivity contribution in [1.82, 2.24) is 19.7 Å². The van der Waals surface area contributed by atoms with Crippen LogP contribution in [-0.4, -0.2) is 38.5 Å². The third kappa shape index (κ3) is 4.58. The number of nitrogens with one attached hydrogen (secondary N) is 1. The summed E-state index contributed by atoms with van der Waals surface area (Å²) in [5.41, 5.74) is 1.54. The Morgan fingerprint density at radius 2 is 2.08 bits per heavy atom. The second-order valence-corrected chi connectivity index (χ2v) is 6.74. The number of nitrogens with zero attached hydrogens (tertiary/aromatic N) is 4. The SMILES string of the molecule is COc1ccc(-n2cnnc2SCC(=O)Nc2ccc(Br)cc2)cn1. The third-order valence-corrected chi connectivity index (χ3v) is 4.66. The summed E-state index contributed by atoms with van der Waals surface area (Å²) >= 11 is 4.66. The first-order valence-electron chi connectivity index (χ1n) is 7.24. The molecule has 9 heteroatoms. The van der Waals surface area contributed by atoms with Crippen LogP contribution in [0.1, 0.15) is 0 Å². The minimum atomic E-state index is -0.116. The monoisotopic (exact) mass is 419 g/mol. The number of carbonyl (C=O) groups is 1. The van der Waals surface area contributed by atoms with Crippen molar-refractivity contribution in [3.8, 4) is 11.6 Å². The largest absolute Gasteiger partial charge is 0.481 e. The van der Waals surface area contributed by atoms with Crippen LogP contribution in [0.25, 0.3) is 5.69 Å². The summed E-state index contributed by atoms with van der Waals surface area (Å²) in [5, 5.41) is 11.4. The first-order valence-corrected chi connectivity index (χ1v) is 9.02. The van der Waals surface area contributed by atoms with Gasteiger partial charge >= 0.3 is 0 Å². The lowest BCUT2D eigenvalue weighted by Crippen LogP contribution is -2.14. The molecule has 1 amide bonds. The van der Waals surface area contributed by atoms with Crippen LogP contribution in [0, 0.1) is 0 Å². The normalized spacial score (nSPS) is 10.5. The van der Waals surface area contributed by atoms with Crippen LogP contribution in [0.4, 0.5) is 5.69 Å². The van der Waals surface area contributed by atoms with Gasteiger partial charge in [0.05, 0.1) is 24.7 Å². The molecule has 2 heterocycles. The quantitative estimate of drug-likeness (QED) is 0.617. The summed E-state index contributed by atoms with van der Waals surface area (Å²) in [5.74, 6) is 0.632. The molecule has 2 aromatic heterocycles. The van der Waals surface area contributed by atoms with Gasteiger partial charge in [-0.3, -0.25) is 9.36 Å². The predicted octanol–water partition coefficient (Wildman–Crippen LogP) is 3.16. The van der Waals surface area contributed by atoms with E-state index in [-0.39, 0.29) is 11.7 Å². The van der Waals surface area contributed by atoms with Gasteiger partial charge < -0.3 is 10.1 Å². The fourth-order valence-electron chi connectivity index (χ4n) is 2.00. The molecule has 0 aliphatic carbocycles. The maximum Gasteiger partial charge on any atom is 0.234 e. The van der Waals surface area contributed by atoms with Crippen LogP contribution in [0.2, 0.25) is 0 Å². The average molecular weight is 420 g/mol. The summed E-state index contributed by atoms with van der Waals surface area (Å²) < 4.78 is 7.77. The Morgan fingerprint density at radius 1 is 1.28 bits per heavy atom. The lowest BCUT2D eigenvalue weighted by molar-refractivity contribution is -0.113. The number of aromatic nitrogens is 4. The van der Waals surface area contributed by atoms with E-state index in [1.165, 1.54) is 11.8 Å². The number of amides is 1. The predicted molar refractivity (Wildman–Crippen MR) is 99.2 cm³/mol. The van der Waals surface area contributed by atoms with Gasteiger partial charge in [-0.2, -0.15) is 0 Å². The van der Waals surface area contributed by atoms with E-state index in [4.69, 9.17) is 4.74 Å². The van der Waals surface area contributed by atoms with Crippen LogP contribution in [-0.2, 0) is 4.79 Å². The number of carbonyl (C=O) groups excluding carboxylic acids is 1. The highest BCUT2D eigenvalue weighted by atomic mass is 79.9. The van der Waals surface area contributed by atoms with E-state index in [0.29, 0.717) is 11.0 Å². The van der Waals surface area contributed by atoms with Crippen molar-refractivity contribution in [1.29, 1.82) is 0 Å². The molecule has 1 aromatic carbocycles. The molecule has 0 saturated carbocycles. The molecule has 0 aliphatic rings. The Morgan fingerprint density at radius 3 is 2.76 bits per heavy atom. The molecule has 0 saturated heterocycles. The van der Waals surface area contributed by atoms with Crippen molar-refractivity contribution in [3.63, 3.8) is 0 Å².